The first-order valence-electron chi connectivity index (χ1n) is 3.53. The molecule has 0 spiro atoms. The van der Waals surface area contributed by atoms with Crippen LogP contribution in [0.15, 0.2) is 11.8 Å². The summed E-state index contributed by atoms with van der Waals surface area (Å²) in [5.74, 6) is -0.747. The first-order chi connectivity index (χ1) is 5.68. The van der Waals surface area contributed by atoms with Crippen LogP contribution in [-0.2, 0) is 9.59 Å². The Morgan fingerprint density at radius 2 is 2.38 bits per heavy atom. The van der Waals surface area contributed by atoms with E-state index in [0.29, 0.717) is 12.2 Å². The number of carbonyl (C=O) groups is 2. The average Bonchev–Trinajstić information content (AvgIpc) is 2.02. The third-order valence-electron chi connectivity index (χ3n) is 1.94. The van der Waals surface area contributed by atoms with Crippen molar-refractivity contribution in [3.8, 4) is 0 Å². The molecule has 0 aromatic heterocycles. The predicted molar refractivity (Wildman–Crippen MR) is 40.8 cm³/mol. The van der Waals surface area contributed by atoms with Gasteiger partial charge in [0, 0.05) is 17.5 Å². The molecular formula is C7H6NNaO3S. The van der Waals surface area contributed by atoms with Crippen LogP contribution >= 0.6 is 11.8 Å². The number of fused-ring (bicyclic) bond motifs is 1. The molecule has 6 heteroatoms. The molecule has 64 valence electrons. The van der Waals surface area contributed by atoms with Gasteiger partial charge in [0.2, 0.25) is 5.91 Å². The van der Waals surface area contributed by atoms with E-state index in [2.05, 4.69) is 0 Å². The molecular weight excluding hydrogens is 201 g/mol. The third kappa shape index (κ3) is 1.93. The molecule has 4 nitrogen and oxygen atoms in total. The van der Waals surface area contributed by atoms with Crippen molar-refractivity contribution in [2.75, 3.05) is 5.75 Å². The molecule has 1 fully saturated rings. The van der Waals surface area contributed by atoms with Gasteiger partial charge in [-0.2, -0.15) is 0 Å². The van der Waals surface area contributed by atoms with Gasteiger partial charge in [0.1, 0.15) is 0 Å². The quantitative estimate of drug-likeness (QED) is 0.324. The van der Waals surface area contributed by atoms with Crippen LogP contribution in [0.1, 0.15) is 6.42 Å². The molecule has 1 amide bonds. The van der Waals surface area contributed by atoms with Crippen LogP contribution in [0.4, 0.5) is 0 Å². The zero-order chi connectivity index (χ0) is 8.72. The number of thioether (sulfide) groups is 1. The third-order valence-corrected chi connectivity index (χ3v) is 3.19. The molecule has 2 aliphatic rings. The van der Waals surface area contributed by atoms with E-state index in [4.69, 9.17) is 0 Å². The number of rotatable bonds is 1. The maximum atomic E-state index is 10.9. The van der Waals surface area contributed by atoms with E-state index in [1.807, 2.05) is 0 Å². The number of β-lactam (4-membered cyclic amide) rings is 1. The van der Waals surface area contributed by atoms with E-state index >= 15 is 0 Å². The fourth-order valence-electron chi connectivity index (χ4n) is 1.20. The Hall–Kier alpha value is 0.0300. The van der Waals surface area contributed by atoms with Crippen LogP contribution in [0.25, 0.3) is 0 Å². The molecule has 0 N–H and O–H groups in total. The summed E-state index contributed by atoms with van der Waals surface area (Å²) in [6, 6.07) is 0. The van der Waals surface area contributed by atoms with Gasteiger partial charge in [0.15, 0.2) is 0 Å². The molecule has 1 saturated heterocycles. The Morgan fingerprint density at radius 3 is 2.92 bits per heavy atom. The van der Waals surface area contributed by atoms with Crippen molar-refractivity contribution >= 4 is 23.6 Å². The van der Waals surface area contributed by atoms with E-state index in [9.17, 15) is 14.7 Å². The minimum absolute atomic E-state index is 0. The van der Waals surface area contributed by atoms with E-state index in [1.165, 1.54) is 22.9 Å². The molecule has 13 heavy (non-hydrogen) atoms. The van der Waals surface area contributed by atoms with Gasteiger partial charge in [-0.3, -0.25) is 4.79 Å². The van der Waals surface area contributed by atoms with Crippen LogP contribution in [0.2, 0.25) is 0 Å². The summed E-state index contributed by atoms with van der Waals surface area (Å²) in [6.07, 6.45) is 1.92. The zero-order valence-electron chi connectivity index (χ0n) is 7.15. The SMILES string of the molecule is O=C([O-])C1=CN2C(=O)C[C@H]2SC1.[Na+]. The molecule has 2 aliphatic heterocycles. The summed E-state index contributed by atoms with van der Waals surface area (Å²) < 4.78 is 0. The van der Waals surface area contributed by atoms with Gasteiger partial charge >= 0.3 is 29.6 Å². The standard InChI is InChI=1S/C7H7NO3S.Na/c9-5-1-6-8(5)2-4(3-12-6)7(10)11;/h2,6H,1,3H2,(H,10,11);/q;+1/p-1/t6-;/m1./s1. The Morgan fingerprint density at radius 1 is 1.69 bits per heavy atom. The molecule has 0 aliphatic carbocycles. The maximum Gasteiger partial charge on any atom is 1.00 e. The van der Waals surface area contributed by atoms with Crippen LogP contribution in [-0.4, -0.2) is 27.9 Å². The first kappa shape index (κ1) is 11.1. The molecule has 0 saturated carbocycles. The Balaban J connectivity index is 0.000000845. The normalized spacial score (nSPS) is 25.2. The largest absolute Gasteiger partial charge is 1.00 e. The summed E-state index contributed by atoms with van der Waals surface area (Å²) in [5.41, 5.74) is 0.198. The Labute approximate surface area is 102 Å². The molecule has 2 rings (SSSR count). The van der Waals surface area contributed by atoms with Crippen LogP contribution in [0.3, 0.4) is 0 Å². The van der Waals surface area contributed by atoms with Gasteiger partial charge < -0.3 is 14.8 Å². The number of aliphatic carboxylic acids is 1. The van der Waals surface area contributed by atoms with Crippen LogP contribution < -0.4 is 34.7 Å². The van der Waals surface area contributed by atoms with Gasteiger partial charge in [-0.1, -0.05) is 0 Å². The zero-order valence-corrected chi connectivity index (χ0v) is 9.97. The van der Waals surface area contributed by atoms with Gasteiger partial charge in [0.05, 0.1) is 17.8 Å². The molecule has 2 heterocycles. The minimum Gasteiger partial charge on any atom is -0.545 e. The maximum absolute atomic E-state index is 10.9. The summed E-state index contributed by atoms with van der Waals surface area (Å²) >= 11 is 1.47. The monoisotopic (exact) mass is 207 g/mol. The van der Waals surface area contributed by atoms with Gasteiger partial charge in [-0.25, -0.2) is 0 Å². The smallest absolute Gasteiger partial charge is 0.545 e. The predicted octanol–water partition coefficient (Wildman–Crippen LogP) is -4.07. The fraction of sp³-hybridized carbons (Fsp3) is 0.429. The summed E-state index contributed by atoms with van der Waals surface area (Å²) in [6.45, 7) is 0. The molecule has 0 unspecified atom stereocenters. The molecule has 0 aromatic rings. The number of carboxylic acid groups (broad SMARTS) is 1. The van der Waals surface area contributed by atoms with Crippen molar-refractivity contribution in [2.45, 2.75) is 11.8 Å². The number of amides is 1. The molecule has 1 atom stereocenters. The van der Waals surface area contributed by atoms with Gasteiger partial charge in [-0.05, 0) is 0 Å². The van der Waals surface area contributed by atoms with E-state index in [-0.39, 0.29) is 46.4 Å². The fourth-order valence-corrected chi connectivity index (χ4v) is 2.36. The molecule has 0 bridgehead atoms. The first-order valence-corrected chi connectivity index (χ1v) is 4.58. The van der Waals surface area contributed by atoms with Crippen molar-refractivity contribution in [3.05, 3.63) is 11.8 Å². The van der Waals surface area contributed by atoms with E-state index in [1.54, 1.807) is 0 Å². The number of hydrogen-bond acceptors (Lipinski definition) is 4. The van der Waals surface area contributed by atoms with E-state index < -0.39 is 5.97 Å². The van der Waals surface area contributed by atoms with Crippen molar-refractivity contribution < 1.29 is 44.3 Å². The Bertz CT molecular complexity index is 291. The minimum atomic E-state index is -1.18. The second kappa shape index (κ2) is 4.04. The summed E-state index contributed by atoms with van der Waals surface area (Å²) in [7, 11) is 0. The Kier molecular flexibility index (Phi) is 3.45. The number of carbonyl (C=O) groups excluding carboxylic acids is 2. The summed E-state index contributed by atoms with van der Waals surface area (Å²) in [5, 5.41) is 10.6. The topological polar surface area (TPSA) is 60.4 Å². The van der Waals surface area contributed by atoms with Crippen molar-refractivity contribution in [1.82, 2.24) is 4.90 Å². The van der Waals surface area contributed by atoms with Crippen molar-refractivity contribution in [2.24, 2.45) is 0 Å². The van der Waals surface area contributed by atoms with Gasteiger partial charge in [-0.15, -0.1) is 11.8 Å². The number of hydrogen-bond donors (Lipinski definition) is 0. The van der Waals surface area contributed by atoms with Crippen molar-refractivity contribution in [3.63, 3.8) is 0 Å². The number of nitrogens with zero attached hydrogens (tertiary/aromatic N) is 1. The van der Waals surface area contributed by atoms with E-state index in [0.717, 1.165) is 0 Å². The van der Waals surface area contributed by atoms with Crippen LogP contribution in [0.5, 0.6) is 0 Å². The average molecular weight is 207 g/mol. The second-order valence-electron chi connectivity index (χ2n) is 2.71. The second-order valence-corrected chi connectivity index (χ2v) is 3.88. The van der Waals surface area contributed by atoms with Crippen LogP contribution in [0, 0.1) is 0 Å². The van der Waals surface area contributed by atoms with Gasteiger partial charge in [0.25, 0.3) is 0 Å². The van der Waals surface area contributed by atoms with Crippen molar-refractivity contribution in [1.29, 1.82) is 0 Å². The molecule has 0 radical (unpaired) electrons. The number of carboxylic acids is 1. The summed E-state index contributed by atoms with van der Waals surface area (Å²) in [4.78, 5) is 22.8. The molecule has 0 aromatic carbocycles.